The fourth-order valence-electron chi connectivity index (χ4n) is 3.17. The van der Waals surface area contributed by atoms with E-state index in [9.17, 15) is 14.9 Å². The Balaban J connectivity index is 1.80. The van der Waals surface area contributed by atoms with Crippen molar-refractivity contribution in [3.63, 3.8) is 0 Å². The molecular formula is C20H25N5O5. The number of hydrogen-bond acceptors (Lipinski definition) is 8. The van der Waals surface area contributed by atoms with Crippen molar-refractivity contribution in [3.8, 4) is 11.6 Å². The monoisotopic (exact) mass is 415 g/mol. The molecule has 3 rings (SSSR count). The van der Waals surface area contributed by atoms with Gasteiger partial charge in [0.05, 0.1) is 11.5 Å². The number of aromatic nitrogens is 2. The molecule has 0 unspecified atom stereocenters. The van der Waals surface area contributed by atoms with Crippen LogP contribution in [0.5, 0.6) is 11.6 Å². The zero-order chi connectivity index (χ0) is 21.7. The molecule has 1 saturated heterocycles. The van der Waals surface area contributed by atoms with Gasteiger partial charge in [-0.2, -0.15) is 4.98 Å². The van der Waals surface area contributed by atoms with Gasteiger partial charge in [0.2, 0.25) is 5.82 Å². The molecule has 1 aliphatic rings. The van der Waals surface area contributed by atoms with Crippen LogP contribution in [0.25, 0.3) is 0 Å². The molecule has 1 aromatic carbocycles. The molecule has 0 atom stereocenters. The van der Waals surface area contributed by atoms with E-state index in [1.807, 2.05) is 12.1 Å². The number of piperazine rings is 1. The summed E-state index contributed by atoms with van der Waals surface area (Å²) in [7, 11) is 0. The van der Waals surface area contributed by atoms with E-state index >= 15 is 0 Å². The normalized spacial score (nSPS) is 14.0. The van der Waals surface area contributed by atoms with Crippen LogP contribution < -0.4 is 9.64 Å². The molecule has 10 heteroatoms. The maximum absolute atomic E-state index is 11.9. The van der Waals surface area contributed by atoms with Gasteiger partial charge < -0.3 is 19.3 Å². The molecular weight excluding hydrogens is 390 g/mol. The highest BCUT2D eigenvalue weighted by Crippen LogP contribution is 2.36. The minimum absolute atomic E-state index is 0.116. The molecule has 160 valence electrons. The third-order valence-electron chi connectivity index (χ3n) is 4.82. The highest BCUT2D eigenvalue weighted by Gasteiger charge is 2.31. The van der Waals surface area contributed by atoms with Crippen LogP contribution in [0.4, 0.5) is 16.3 Å². The Morgan fingerprint density at radius 2 is 1.83 bits per heavy atom. The van der Waals surface area contributed by atoms with E-state index in [-0.39, 0.29) is 23.5 Å². The van der Waals surface area contributed by atoms with Crippen molar-refractivity contribution >= 4 is 17.6 Å². The van der Waals surface area contributed by atoms with Crippen molar-refractivity contribution in [1.82, 2.24) is 14.9 Å². The van der Waals surface area contributed by atoms with Gasteiger partial charge in [-0.1, -0.05) is 26.0 Å². The van der Waals surface area contributed by atoms with Crippen molar-refractivity contribution < 1.29 is 19.2 Å². The van der Waals surface area contributed by atoms with E-state index in [1.54, 1.807) is 28.9 Å². The van der Waals surface area contributed by atoms with Crippen LogP contribution in [0, 0.1) is 10.1 Å². The van der Waals surface area contributed by atoms with Gasteiger partial charge in [-0.05, 0) is 30.5 Å². The molecule has 1 amide bonds. The first kappa shape index (κ1) is 21.3. The second kappa shape index (κ2) is 9.38. The minimum Gasteiger partial charge on any atom is -0.450 e. The SMILES string of the molecule is CCOC(=O)N1CCN(c2ncnc(Oc3ccc(C(C)C)cc3)c2[N+](=O)[O-])CC1. The first-order valence-corrected chi connectivity index (χ1v) is 9.84. The third-order valence-corrected chi connectivity index (χ3v) is 4.82. The van der Waals surface area contributed by atoms with Crippen LogP contribution in [0.15, 0.2) is 30.6 Å². The highest BCUT2D eigenvalue weighted by atomic mass is 16.6. The molecule has 1 aliphatic heterocycles. The van der Waals surface area contributed by atoms with E-state index in [0.29, 0.717) is 44.5 Å². The van der Waals surface area contributed by atoms with E-state index in [4.69, 9.17) is 9.47 Å². The third kappa shape index (κ3) is 4.76. The lowest BCUT2D eigenvalue weighted by Crippen LogP contribution is -2.49. The Morgan fingerprint density at radius 3 is 2.40 bits per heavy atom. The standard InChI is InChI=1S/C20H25N5O5/c1-4-29-20(26)24-11-9-23(10-12-24)18-17(25(27)28)19(22-13-21-18)30-16-7-5-15(6-8-16)14(2)3/h5-8,13-14H,4,9-12H2,1-3H3. The highest BCUT2D eigenvalue weighted by molar-refractivity contribution is 5.69. The first-order chi connectivity index (χ1) is 14.4. The van der Waals surface area contributed by atoms with Gasteiger partial charge in [0.15, 0.2) is 0 Å². The average molecular weight is 415 g/mol. The molecule has 1 fully saturated rings. The van der Waals surface area contributed by atoms with Crippen molar-refractivity contribution in [2.24, 2.45) is 0 Å². The summed E-state index contributed by atoms with van der Waals surface area (Å²) in [6, 6.07) is 7.36. The van der Waals surface area contributed by atoms with Gasteiger partial charge in [0.1, 0.15) is 12.1 Å². The number of nitro groups is 1. The molecule has 0 radical (unpaired) electrons. The molecule has 0 spiro atoms. The Bertz CT molecular complexity index is 895. The zero-order valence-electron chi connectivity index (χ0n) is 17.3. The van der Waals surface area contributed by atoms with Crippen LogP contribution in [-0.4, -0.2) is 58.7 Å². The molecule has 0 bridgehead atoms. The fraction of sp³-hybridized carbons (Fsp3) is 0.450. The lowest BCUT2D eigenvalue weighted by Gasteiger charge is -2.34. The number of rotatable bonds is 6. The molecule has 1 aromatic heterocycles. The number of ether oxygens (including phenoxy) is 2. The second-order valence-electron chi connectivity index (χ2n) is 7.11. The van der Waals surface area contributed by atoms with Crippen LogP contribution >= 0.6 is 0 Å². The summed E-state index contributed by atoms with van der Waals surface area (Å²) >= 11 is 0. The zero-order valence-corrected chi connectivity index (χ0v) is 17.3. The molecule has 2 aromatic rings. The number of carbonyl (C=O) groups excluding carboxylic acids is 1. The van der Waals surface area contributed by atoms with Gasteiger partial charge in [-0.25, -0.2) is 9.78 Å². The van der Waals surface area contributed by atoms with Gasteiger partial charge in [0, 0.05) is 26.2 Å². The summed E-state index contributed by atoms with van der Waals surface area (Å²) < 4.78 is 10.7. The summed E-state index contributed by atoms with van der Waals surface area (Å²) in [5.41, 5.74) is 0.842. The van der Waals surface area contributed by atoms with Crippen LogP contribution in [-0.2, 0) is 4.74 Å². The predicted octanol–water partition coefficient (Wildman–Crippen LogP) is 3.58. The Hall–Kier alpha value is -3.43. The number of nitrogens with zero attached hydrogens (tertiary/aromatic N) is 5. The summed E-state index contributed by atoms with van der Waals surface area (Å²) in [5, 5.41) is 11.8. The molecule has 0 aliphatic carbocycles. The lowest BCUT2D eigenvalue weighted by atomic mass is 10.0. The first-order valence-electron chi connectivity index (χ1n) is 9.84. The van der Waals surface area contributed by atoms with Crippen LogP contribution in [0.1, 0.15) is 32.3 Å². The van der Waals surface area contributed by atoms with E-state index in [2.05, 4.69) is 23.8 Å². The Kier molecular flexibility index (Phi) is 6.65. The van der Waals surface area contributed by atoms with Crippen molar-refractivity contribution in [2.75, 3.05) is 37.7 Å². The smallest absolute Gasteiger partial charge is 0.409 e. The van der Waals surface area contributed by atoms with Gasteiger partial charge >= 0.3 is 17.7 Å². The van der Waals surface area contributed by atoms with E-state index in [0.717, 1.165) is 5.56 Å². The van der Waals surface area contributed by atoms with E-state index in [1.165, 1.54) is 6.33 Å². The maximum atomic E-state index is 11.9. The summed E-state index contributed by atoms with van der Waals surface area (Å²) in [5.74, 6) is 0.883. The van der Waals surface area contributed by atoms with Gasteiger partial charge in [0.25, 0.3) is 0 Å². The van der Waals surface area contributed by atoms with Crippen LogP contribution in [0.3, 0.4) is 0 Å². The van der Waals surface area contributed by atoms with Crippen molar-refractivity contribution in [2.45, 2.75) is 26.7 Å². The molecule has 0 N–H and O–H groups in total. The second-order valence-corrected chi connectivity index (χ2v) is 7.11. The number of carbonyl (C=O) groups is 1. The van der Waals surface area contributed by atoms with Crippen LogP contribution in [0.2, 0.25) is 0 Å². The quantitative estimate of drug-likeness (QED) is 0.520. The Labute approximate surface area is 174 Å². The number of anilines is 1. The van der Waals surface area contributed by atoms with Crippen molar-refractivity contribution in [1.29, 1.82) is 0 Å². The van der Waals surface area contributed by atoms with E-state index < -0.39 is 4.92 Å². The summed E-state index contributed by atoms with van der Waals surface area (Å²) in [6.45, 7) is 7.75. The maximum Gasteiger partial charge on any atom is 0.409 e. The minimum atomic E-state index is -0.537. The average Bonchev–Trinajstić information content (AvgIpc) is 2.74. The largest absolute Gasteiger partial charge is 0.450 e. The lowest BCUT2D eigenvalue weighted by molar-refractivity contribution is -0.385. The predicted molar refractivity (Wildman–Crippen MR) is 110 cm³/mol. The number of amides is 1. The molecule has 0 saturated carbocycles. The van der Waals surface area contributed by atoms with Gasteiger partial charge in [-0.15, -0.1) is 0 Å². The summed E-state index contributed by atoms with van der Waals surface area (Å²) in [4.78, 5) is 34.6. The molecule has 2 heterocycles. The molecule has 10 nitrogen and oxygen atoms in total. The van der Waals surface area contributed by atoms with Crippen molar-refractivity contribution in [3.05, 3.63) is 46.3 Å². The fourth-order valence-corrected chi connectivity index (χ4v) is 3.17. The number of benzene rings is 1. The topological polar surface area (TPSA) is 111 Å². The number of hydrogen-bond donors (Lipinski definition) is 0. The Morgan fingerprint density at radius 1 is 1.17 bits per heavy atom. The molecule has 30 heavy (non-hydrogen) atoms. The summed E-state index contributed by atoms with van der Waals surface area (Å²) in [6.07, 6.45) is 0.862. The van der Waals surface area contributed by atoms with Gasteiger partial charge in [-0.3, -0.25) is 10.1 Å².